The van der Waals surface area contributed by atoms with Crippen molar-refractivity contribution < 1.29 is 9.47 Å². The van der Waals surface area contributed by atoms with Crippen LogP contribution in [0.2, 0.25) is 0 Å². The Morgan fingerprint density at radius 2 is 2.20 bits per heavy atom. The van der Waals surface area contributed by atoms with Crippen LogP contribution in [0.5, 0.6) is 0 Å². The molecule has 1 aromatic heterocycles. The van der Waals surface area contributed by atoms with Crippen molar-refractivity contribution in [2.75, 3.05) is 20.3 Å². The Morgan fingerprint density at radius 1 is 1.50 bits per heavy atom. The van der Waals surface area contributed by atoms with Gasteiger partial charge in [-0.15, -0.1) is 0 Å². The molecule has 1 aliphatic rings. The van der Waals surface area contributed by atoms with Crippen LogP contribution in [0.3, 0.4) is 0 Å². The third kappa shape index (κ3) is 3.45. The van der Waals surface area contributed by atoms with Gasteiger partial charge in [-0.25, -0.2) is 4.98 Å². The maximum atomic E-state index is 11.8. The van der Waals surface area contributed by atoms with Gasteiger partial charge in [0.05, 0.1) is 5.69 Å². The minimum atomic E-state index is -0.536. The predicted octanol–water partition coefficient (Wildman–Crippen LogP) is 0.920. The Kier molecular flexibility index (Phi) is 4.91. The fourth-order valence-electron chi connectivity index (χ4n) is 2.36. The summed E-state index contributed by atoms with van der Waals surface area (Å²) in [5.74, 6) is 0.608. The van der Waals surface area contributed by atoms with Crippen molar-refractivity contribution >= 4 is 0 Å². The van der Waals surface area contributed by atoms with Crippen LogP contribution >= 0.6 is 0 Å². The summed E-state index contributed by atoms with van der Waals surface area (Å²) in [4.78, 5) is 19.2. The Morgan fingerprint density at radius 3 is 2.80 bits per heavy atom. The molecule has 6 heteroatoms. The van der Waals surface area contributed by atoms with Crippen molar-refractivity contribution in [2.45, 2.75) is 44.9 Å². The molecule has 0 saturated carbocycles. The Labute approximate surface area is 118 Å². The number of nitrogens with zero attached hydrogens (tertiary/aromatic N) is 1. The molecule has 0 aromatic carbocycles. The molecule has 1 fully saturated rings. The van der Waals surface area contributed by atoms with Crippen LogP contribution in [0.1, 0.15) is 38.2 Å². The molecule has 0 spiro atoms. The summed E-state index contributed by atoms with van der Waals surface area (Å²) in [6.45, 7) is 5.93. The summed E-state index contributed by atoms with van der Waals surface area (Å²) >= 11 is 0. The largest absolute Gasteiger partial charge is 0.381 e. The van der Waals surface area contributed by atoms with Crippen molar-refractivity contribution in [3.05, 3.63) is 27.9 Å². The molecule has 0 bridgehead atoms. The van der Waals surface area contributed by atoms with Crippen LogP contribution in [0, 0.1) is 0 Å². The number of ether oxygens (including phenoxy) is 2. The first kappa shape index (κ1) is 15.2. The number of methoxy groups -OCH3 is 1. The minimum absolute atomic E-state index is 0.140. The quantitative estimate of drug-likeness (QED) is 0.839. The van der Waals surface area contributed by atoms with Crippen molar-refractivity contribution in [1.82, 2.24) is 15.3 Å². The minimum Gasteiger partial charge on any atom is -0.381 e. The van der Waals surface area contributed by atoms with E-state index in [9.17, 15) is 4.79 Å². The summed E-state index contributed by atoms with van der Waals surface area (Å²) in [7, 11) is 1.66. The standard InChI is InChI=1S/C14H23N3O3/c1-10(2)15-9-11-8-12(18)17-13(16-11)14(19-3)4-6-20-7-5-14/h8,10,15H,4-7,9H2,1-3H3,(H,16,17,18). The highest BCUT2D eigenvalue weighted by atomic mass is 16.5. The van der Waals surface area contributed by atoms with Crippen LogP contribution in [-0.2, 0) is 21.6 Å². The van der Waals surface area contributed by atoms with Gasteiger partial charge in [0, 0.05) is 51.8 Å². The lowest BCUT2D eigenvalue weighted by atomic mass is 9.93. The summed E-state index contributed by atoms with van der Waals surface area (Å²) in [5.41, 5.74) is 0.0597. The molecule has 2 heterocycles. The summed E-state index contributed by atoms with van der Waals surface area (Å²) in [5, 5.41) is 3.27. The topological polar surface area (TPSA) is 76.2 Å². The maximum absolute atomic E-state index is 11.8. The summed E-state index contributed by atoms with van der Waals surface area (Å²) < 4.78 is 11.0. The highest BCUT2D eigenvalue weighted by Crippen LogP contribution is 2.32. The first-order chi connectivity index (χ1) is 9.55. The normalized spacial score (nSPS) is 18.4. The molecule has 1 aliphatic heterocycles. The number of rotatable bonds is 5. The Hall–Kier alpha value is -1.24. The molecule has 0 aliphatic carbocycles. The van der Waals surface area contributed by atoms with E-state index in [-0.39, 0.29) is 5.56 Å². The molecule has 20 heavy (non-hydrogen) atoms. The second-order valence-corrected chi connectivity index (χ2v) is 5.43. The lowest BCUT2D eigenvalue weighted by molar-refractivity contribution is -0.100. The molecule has 0 radical (unpaired) electrons. The zero-order valence-electron chi connectivity index (χ0n) is 12.4. The molecule has 0 unspecified atom stereocenters. The van der Waals surface area contributed by atoms with Gasteiger partial charge in [-0.1, -0.05) is 13.8 Å². The summed E-state index contributed by atoms with van der Waals surface area (Å²) in [6.07, 6.45) is 1.40. The molecule has 0 atom stereocenters. The monoisotopic (exact) mass is 281 g/mol. The van der Waals surface area contributed by atoms with Crippen LogP contribution in [0.15, 0.2) is 10.9 Å². The van der Waals surface area contributed by atoms with Gasteiger partial charge in [-0.3, -0.25) is 4.79 Å². The SMILES string of the molecule is COC1(c2nc(CNC(C)C)cc(=O)[nH]2)CCOCC1. The second-order valence-electron chi connectivity index (χ2n) is 5.43. The summed E-state index contributed by atoms with van der Waals surface area (Å²) in [6, 6.07) is 1.88. The van der Waals surface area contributed by atoms with Gasteiger partial charge in [0.25, 0.3) is 5.56 Å². The van der Waals surface area contributed by atoms with Crippen LogP contribution in [0.25, 0.3) is 0 Å². The van der Waals surface area contributed by atoms with Crippen molar-refractivity contribution in [1.29, 1.82) is 0 Å². The van der Waals surface area contributed by atoms with Gasteiger partial charge in [0.1, 0.15) is 11.4 Å². The van der Waals surface area contributed by atoms with Crippen molar-refractivity contribution in [2.24, 2.45) is 0 Å². The average Bonchev–Trinajstić information content (AvgIpc) is 2.45. The molecule has 112 valence electrons. The molecule has 2 N–H and O–H groups in total. The first-order valence-corrected chi connectivity index (χ1v) is 7.03. The predicted molar refractivity (Wildman–Crippen MR) is 75.6 cm³/mol. The maximum Gasteiger partial charge on any atom is 0.251 e. The number of nitrogens with one attached hydrogen (secondary N) is 2. The van der Waals surface area contributed by atoms with E-state index in [2.05, 4.69) is 29.1 Å². The molecular weight excluding hydrogens is 258 g/mol. The number of H-pyrrole nitrogens is 1. The van der Waals surface area contributed by atoms with Gasteiger partial charge in [-0.05, 0) is 0 Å². The number of aromatic amines is 1. The van der Waals surface area contributed by atoms with E-state index in [1.807, 2.05) is 0 Å². The van der Waals surface area contributed by atoms with Crippen LogP contribution < -0.4 is 10.9 Å². The highest BCUT2D eigenvalue weighted by Gasteiger charge is 2.37. The molecule has 1 saturated heterocycles. The smallest absolute Gasteiger partial charge is 0.251 e. The van der Waals surface area contributed by atoms with Crippen LogP contribution in [0.4, 0.5) is 0 Å². The third-order valence-corrected chi connectivity index (χ3v) is 3.61. The number of aromatic nitrogens is 2. The third-order valence-electron chi connectivity index (χ3n) is 3.61. The van der Waals surface area contributed by atoms with E-state index in [4.69, 9.17) is 9.47 Å². The molecular formula is C14H23N3O3. The highest BCUT2D eigenvalue weighted by molar-refractivity contribution is 5.10. The fraction of sp³-hybridized carbons (Fsp3) is 0.714. The number of hydrogen-bond donors (Lipinski definition) is 2. The second kappa shape index (κ2) is 6.47. The Balaban J connectivity index is 2.28. The Bertz CT molecular complexity index is 493. The molecule has 1 aromatic rings. The van der Waals surface area contributed by atoms with Gasteiger partial charge in [0.15, 0.2) is 0 Å². The van der Waals surface area contributed by atoms with E-state index < -0.39 is 5.60 Å². The van der Waals surface area contributed by atoms with Crippen molar-refractivity contribution in [3.8, 4) is 0 Å². The van der Waals surface area contributed by atoms with E-state index in [1.165, 1.54) is 6.07 Å². The first-order valence-electron chi connectivity index (χ1n) is 7.03. The van der Waals surface area contributed by atoms with E-state index >= 15 is 0 Å². The zero-order valence-corrected chi connectivity index (χ0v) is 12.4. The van der Waals surface area contributed by atoms with E-state index in [0.717, 1.165) is 5.69 Å². The van der Waals surface area contributed by atoms with Gasteiger partial charge in [0.2, 0.25) is 0 Å². The molecule has 2 rings (SSSR count). The average molecular weight is 281 g/mol. The molecule has 0 amide bonds. The lowest BCUT2D eigenvalue weighted by Gasteiger charge is -2.34. The lowest BCUT2D eigenvalue weighted by Crippen LogP contribution is -2.39. The van der Waals surface area contributed by atoms with E-state index in [0.29, 0.717) is 44.5 Å². The number of hydrogen-bond acceptors (Lipinski definition) is 5. The van der Waals surface area contributed by atoms with E-state index in [1.54, 1.807) is 7.11 Å². The fourth-order valence-corrected chi connectivity index (χ4v) is 2.36. The van der Waals surface area contributed by atoms with Crippen LogP contribution in [-0.4, -0.2) is 36.3 Å². The van der Waals surface area contributed by atoms with Gasteiger partial charge < -0.3 is 19.8 Å². The molecule has 6 nitrogen and oxygen atoms in total. The van der Waals surface area contributed by atoms with Gasteiger partial charge in [-0.2, -0.15) is 0 Å². The van der Waals surface area contributed by atoms with Crippen molar-refractivity contribution in [3.63, 3.8) is 0 Å². The zero-order chi connectivity index (χ0) is 14.6. The van der Waals surface area contributed by atoms with Gasteiger partial charge >= 0.3 is 0 Å².